The van der Waals surface area contributed by atoms with Crippen molar-refractivity contribution in [3.63, 3.8) is 0 Å². The summed E-state index contributed by atoms with van der Waals surface area (Å²) in [5.41, 5.74) is 0.894. The van der Waals surface area contributed by atoms with Crippen LogP contribution in [0.4, 0.5) is 0 Å². The third kappa shape index (κ3) is 2.50. The lowest BCUT2D eigenvalue weighted by atomic mass is 10.1. The third-order valence-electron chi connectivity index (χ3n) is 3.15. The molecule has 0 amide bonds. The van der Waals surface area contributed by atoms with E-state index in [-0.39, 0.29) is 16.6 Å². The summed E-state index contributed by atoms with van der Waals surface area (Å²) in [6.07, 6.45) is 0. The van der Waals surface area contributed by atoms with Gasteiger partial charge in [-0.2, -0.15) is 0 Å². The molecule has 0 radical (unpaired) electrons. The van der Waals surface area contributed by atoms with Gasteiger partial charge in [0.05, 0.1) is 17.2 Å². The molecule has 3 nitrogen and oxygen atoms in total. The number of rotatable bonds is 3. The van der Waals surface area contributed by atoms with Gasteiger partial charge in [0.1, 0.15) is 11.3 Å². The number of ether oxygens (including phenoxy) is 1. The van der Waals surface area contributed by atoms with Crippen LogP contribution in [-0.4, -0.2) is 12.9 Å². The average Bonchev–Trinajstić information content (AvgIpc) is 2.92. The van der Waals surface area contributed by atoms with Gasteiger partial charge in [-0.15, -0.1) is 0 Å². The SMILES string of the molecule is COc1ccc2cc(C(=O)c3cccc(Cl)c3Cl)oc2c1. The fourth-order valence-corrected chi connectivity index (χ4v) is 2.45. The molecule has 0 unspecified atom stereocenters. The standard InChI is InChI=1S/C16H10Cl2O3/c1-20-10-6-5-9-7-14(21-13(9)8-10)16(19)11-3-2-4-12(17)15(11)18/h2-8H,1H3. The number of fused-ring (bicyclic) bond motifs is 1. The number of hydrogen-bond donors (Lipinski definition) is 0. The molecular formula is C16H10Cl2O3. The zero-order valence-corrected chi connectivity index (χ0v) is 12.5. The minimum atomic E-state index is -0.308. The van der Waals surface area contributed by atoms with Crippen molar-refractivity contribution in [1.82, 2.24) is 0 Å². The van der Waals surface area contributed by atoms with Gasteiger partial charge in [-0.3, -0.25) is 4.79 Å². The Morgan fingerprint density at radius 3 is 2.71 bits per heavy atom. The van der Waals surface area contributed by atoms with Crippen LogP contribution >= 0.6 is 23.2 Å². The van der Waals surface area contributed by atoms with Crippen LogP contribution < -0.4 is 4.74 Å². The van der Waals surface area contributed by atoms with Crippen molar-refractivity contribution in [1.29, 1.82) is 0 Å². The van der Waals surface area contributed by atoms with E-state index in [1.807, 2.05) is 6.07 Å². The molecule has 0 spiro atoms. The number of carbonyl (C=O) groups excluding carboxylic acids is 1. The first-order valence-electron chi connectivity index (χ1n) is 6.16. The van der Waals surface area contributed by atoms with Crippen molar-refractivity contribution in [2.45, 2.75) is 0 Å². The van der Waals surface area contributed by atoms with Gasteiger partial charge in [-0.25, -0.2) is 0 Å². The first-order chi connectivity index (χ1) is 10.1. The maximum Gasteiger partial charge on any atom is 0.229 e. The number of carbonyl (C=O) groups is 1. The molecule has 5 heteroatoms. The molecule has 1 heterocycles. The highest BCUT2D eigenvalue weighted by Gasteiger charge is 2.18. The van der Waals surface area contributed by atoms with Crippen LogP contribution in [0.25, 0.3) is 11.0 Å². The van der Waals surface area contributed by atoms with Gasteiger partial charge < -0.3 is 9.15 Å². The largest absolute Gasteiger partial charge is 0.497 e. The molecule has 0 aliphatic carbocycles. The van der Waals surface area contributed by atoms with E-state index in [9.17, 15) is 4.79 Å². The number of furan rings is 1. The molecule has 0 saturated heterocycles. The molecule has 0 aliphatic heterocycles. The highest BCUT2D eigenvalue weighted by molar-refractivity contribution is 6.44. The molecule has 21 heavy (non-hydrogen) atoms. The van der Waals surface area contributed by atoms with Crippen molar-refractivity contribution in [3.8, 4) is 5.75 Å². The van der Waals surface area contributed by atoms with Crippen LogP contribution in [0.15, 0.2) is 46.9 Å². The van der Waals surface area contributed by atoms with E-state index in [1.54, 1.807) is 43.5 Å². The van der Waals surface area contributed by atoms with Gasteiger partial charge in [0, 0.05) is 17.0 Å². The lowest BCUT2D eigenvalue weighted by Gasteiger charge is -2.02. The fraction of sp³-hybridized carbons (Fsp3) is 0.0625. The second kappa shape index (κ2) is 5.43. The Morgan fingerprint density at radius 2 is 1.95 bits per heavy atom. The van der Waals surface area contributed by atoms with E-state index < -0.39 is 0 Å². The zero-order valence-electron chi connectivity index (χ0n) is 11.0. The van der Waals surface area contributed by atoms with Gasteiger partial charge in [-0.1, -0.05) is 29.3 Å². The summed E-state index contributed by atoms with van der Waals surface area (Å²) in [4.78, 5) is 12.5. The van der Waals surface area contributed by atoms with Crippen LogP contribution in [0.5, 0.6) is 5.75 Å². The molecule has 0 fully saturated rings. The van der Waals surface area contributed by atoms with Crippen LogP contribution in [-0.2, 0) is 0 Å². The predicted octanol–water partition coefficient (Wildman–Crippen LogP) is 4.98. The quantitative estimate of drug-likeness (QED) is 0.639. The molecule has 106 valence electrons. The van der Waals surface area contributed by atoms with E-state index in [0.717, 1.165) is 5.39 Å². The van der Waals surface area contributed by atoms with Crippen LogP contribution in [0.3, 0.4) is 0 Å². The summed E-state index contributed by atoms with van der Waals surface area (Å²) in [5.74, 6) is 0.566. The molecule has 0 aliphatic rings. The van der Waals surface area contributed by atoms with Gasteiger partial charge in [-0.05, 0) is 30.3 Å². The first kappa shape index (κ1) is 14.0. The third-order valence-corrected chi connectivity index (χ3v) is 3.97. The fourth-order valence-electron chi connectivity index (χ4n) is 2.06. The topological polar surface area (TPSA) is 39.4 Å². The van der Waals surface area contributed by atoms with Crippen molar-refractivity contribution in [2.24, 2.45) is 0 Å². The summed E-state index contributed by atoms with van der Waals surface area (Å²) < 4.78 is 10.7. The number of benzene rings is 2. The Hall–Kier alpha value is -1.97. The number of hydrogen-bond acceptors (Lipinski definition) is 3. The molecule has 3 aromatic rings. The highest BCUT2D eigenvalue weighted by Crippen LogP contribution is 2.30. The first-order valence-corrected chi connectivity index (χ1v) is 6.92. The lowest BCUT2D eigenvalue weighted by molar-refractivity contribution is 0.101. The summed E-state index contributed by atoms with van der Waals surface area (Å²) in [6, 6.07) is 12.0. The summed E-state index contributed by atoms with van der Waals surface area (Å²) in [7, 11) is 1.57. The summed E-state index contributed by atoms with van der Waals surface area (Å²) in [6.45, 7) is 0. The second-order valence-electron chi connectivity index (χ2n) is 4.44. The summed E-state index contributed by atoms with van der Waals surface area (Å²) >= 11 is 12.0. The lowest BCUT2D eigenvalue weighted by Crippen LogP contribution is -2.00. The van der Waals surface area contributed by atoms with E-state index >= 15 is 0 Å². The Labute approximate surface area is 131 Å². The highest BCUT2D eigenvalue weighted by atomic mass is 35.5. The second-order valence-corrected chi connectivity index (χ2v) is 5.23. The Bertz CT molecular complexity index is 837. The van der Waals surface area contributed by atoms with E-state index in [4.69, 9.17) is 32.4 Å². The molecule has 0 N–H and O–H groups in total. The zero-order chi connectivity index (χ0) is 15.0. The van der Waals surface area contributed by atoms with E-state index in [1.165, 1.54) is 0 Å². The summed E-state index contributed by atoms with van der Waals surface area (Å²) in [5, 5.41) is 1.37. The van der Waals surface area contributed by atoms with Crippen molar-refractivity contribution < 1.29 is 13.9 Å². The van der Waals surface area contributed by atoms with Gasteiger partial charge in [0.25, 0.3) is 0 Å². The molecule has 0 saturated carbocycles. The maximum absolute atomic E-state index is 12.5. The Balaban J connectivity index is 2.07. The normalized spacial score (nSPS) is 10.8. The van der Waals surface area contributed by atoms with E-state index in [2.05, 4.69) is 0 Å². The van der Waals surface area contributed by atoms with Crippen LogP contribution in [0.2, 0.25) is 10.0 Å². The maximum atomic E-state index is 12.5. The molecule has 2 aromatic carbocycles. The van der Waals surface area contributed by atoms with Crippen molar-refractivity contribution in [2.75, 3.05) is 7.11 Å². The smallest absolute Gasteiger partial charge is 0.229 e. The van der Waals surface area contributed by atoms with Crippen LogP contribution in [0, 0.1) is 0 Å². The van der Waals surface area contributed by atoms with Gasteiger partial charge in [0.2, 0.25) is 5.78 Å². The van der Waals surface area contributed by atoms with Gasteiger partial charge in [0.15, 0.2) is 5.76 Å². The Kier molecular flexibility index (Phi) is 3.62. The average molecular weight is 321 g/mol. The monoisotopic (exact) mass is 320 g/mol. The van der Waals surface area contributed by atoms with Gasteiger partial charge >= 0.3 is 0 Å². The van der Waals surface area contributed by atoms with E-state index in [0.29, 0.717) is 21.9 Å². The Morgan fingerprint density at radius 1 is 1.14 bits per heavy atom. The molecule has 0 bridgehead atoms. The molecule has 3 rings (SSSR count). The number of halogens is 2. The van der Waals surface area contributed by atoms with Crippen molar-refractivity contribution >= 4 is 40.0 Å². The van der Waals surface area contributed by atoms with Crippen molar-refractivity contribution in [3.05, 3.63) is 63.8 Å². The predicted molar refractivity (Wildman–Crippen MR) is 82.7 cm³/mol. The number of ketones is 1. The molecule has 1 aromatic heterocycles. The molecular weight excluding hydrogens is 311 g/mol. The molecule has 0 atom stereocenters. The van der Waals surface area contributed by atoms with Crippen LogP contribution in [0.1, 0.15) is 16.1 Å². The minimum Gasteiger partial charge on any atom is -0.497 e. The number of methoxy groups -OCH3 is 1. The minimum absolute atomic E-state index is 0.211.